The van der Waals surface area contributed by atoms with Crippen LogP contribution in [-0.4, -0.2) is 29.1 Å². The van der Waals surface area contributed by atoms with Crippen LogP contribution < -0.4 is 5.69 Å². The number of aromatic nitrogens is 6. The molecule has 0 saturated carbocycles. The summed E-state index contributed by atoms with van der Waals surface area (Å²) in [5, 5.41) is 6.27. The van der Waals surface area contributed by atoms with Crippen LogP contribution in [0.5, 0.6) is 0 Å². The fourth-order valence-corrected chi connectivity index (χ4v) is 1.74. The third-order valence-corrected chi connectivity index (χ3v) is 2.58. The van der Waals surface area contributed by atoms with Crippen LogP contribution in [0.1, 0.15) is 12.7 Å². The Hall–Kier alpha value is -2.44. The summed E-state index contributed by atoms with van der Waals surface area (Å²) in [6, 6.07) is 1.73. The van der Waals surface area contributed by atoms with Gasteiger partial charge in [0.05, 0.1) is 0 Å². The Morgan fingerprint density at radius 1 is 1.41 bits per heavy atom. The van der Waals surface area contributed by atoms with Gasteiger partial charge in [-0.05, 0) is 0 Å². The molecule has 0 unspecified atom stereocenters. The number of rotatable bonds is 2. The van der Waals surface area contributed by atoms with Gasteiger partial charge >= 0.3 is 5.69 Å². The van der Waals surface area contributed by atoms with E-state index in [0.717, 1.165) is 12.2 Å². The second-order valence-electron chi connectivity index (χ2n) is 3.57. The highest BCUT2D eigenvalue weighted by atomic mass is 16.1. The molecule has 0 radical (unpaired) electrons. The van der Waals surface area contributed by atoms with Crippen LogP contribution in [0, 0.1) is 0 Å². The average molecular weight is 230 g/mol. The highest BCUT2D eigenvalue weighted by molar-refractivity contribution is 5.42. The summed E-state index contributed by atoms with van der Waals surface area (Å²) in [7, 11) is 0. The fraction of sp³-hybridized carbons (Fsp3) is 0.200. The molecule has 7 nitrogen and oxygen atoms in total. The van der Waals surface area contributed by atoms with E-state index in [2.05, 4.69) is 20.2 Å². The summed E-state index contributed by atoms with van der Waals surface area (Å²) < 4.78 is 3.23. The molecule has 3 heterocycles. The predicted octanol–water partition coefficient (Wildman–Crippen LogP) is 0.166. The van der Waals surface area contributed by atoms with Gasteiger partial charge < -0.3 is 0 Å². The quantitative estimate of drug-likeness (QED) is 0.680. The summed E-state index contributed by atoms with van der Waals surface area (Å²) in [5.41, 5.74) is 0.246. The monoisotopic (exact) mass is 230 g/mol. The van der Waals surface area contributed by atoms with Crippen LogP contribution in [-0.2, 0) is 6.42 Å². The van der Waals surface area contributed by atoms with Crippen molar-refractivity contribution in [2.75, 3.05) is 0 Å². The lowest BCUT2D eigenvalue weighted by Gasteiger charge is -2.04. The molecule has 0 atom stereocenters. The largest absolute Gasteiger partial charge is 0.348 e. The van der Waals surface area contributed by atoms with E-state index in [4.69, 9.17) is 0 Å². The van der Waals surface area contributed by atoms with Crippen molar-refractivity contribution in [3.05, 3.63) is 41.1 Å². The van der Waals surface area contributed by atoms with E-state index >= 15 is 0 Å². The molecule has 0 spiro atoms. The van der Waals surface area contributed by atoms with Crippen LogP contribution in [0.15, 0.2) is 29.6 Å². The van der Waals surface area contributed by atoms with Crippen molar-refractivity contribution in [2.45, 2.75) is 13.3 Å². The van der Waals surface area contributed by atoms with Crippen molar-refractivity contribution in [2.24, 2.45) is 0 Å². The summed E-state index contributed by atoms with van der Waals surface area (Å²) in [5.74, 6) is 1.62. The van der Waals surface area contributed by atoms with E-state index in [9.17, 15) is 4.79 Å². The van der Waals surface area contributed by atoms with Gasteiger partial charge in [-0.1, -0.05) is 6.92 Å². The number of hydrogen-bond acceptors (Lipinski definition) is 4. The number of imidazole rings is 1. The topological polar surface area (TPSA) is 80.9 Å². The molecule has 7 heteroatoms. The molecule has 0 aromatic carbocycles. The van der Waals surface area contributed by atoms with E-state index in [1.807, 2.05) is 17.7 Å². The number of nitrogens with one attached hydrogen (secondary N) is 1. The van der Waals surface area contributed by atoms with Gasteiger partial charge in [0.1, 0.15) is 18.0 Å². The molecular weight excluding hydrogens is 220 g/mol. The normalized spacial score (nSPS) is 11.1. The Morgan fingerprint density at radius 2 is 2.29 bits per heavy atom. The van der Waals surface area contributed by atoms with Gasteiger partial charge in [-0.2, -0.15) is 5.10 Å². The fourth-order valence-electron chi connectivity index (χ4n) is 1.74. The molecule has 3 aromatic heterocycles. The van der Waals surface area contributed by atoms with Crippen molar-refractivity contribution < 1.29 is 0 Å². The minimum absolute atomic E-state index is 0.291. The van der Waals surface area contributed by atoms with Crippen molar-refractivity contribution in [3.63, 3.8) is 0 Å². The molecule has 0 saturated heterocycles. The van der Waals surface area contributed by atoms with Gasteiger partial charge in [-0.25, -0.2) is 24.3 Å². The van der Waals surface area contributed by atoms with Gasteiger partial charge in [0.2, 0.25) is 0 Å². The molecule has 0 bridgehead atoms. The molecule has 0 aliphatic rings. The number of H-pyrrole nitrogens is 1. The lowest BCUT2D eigenvalue weighted by molar-refractivity contribution is 0.856. The van der Waals surface area contributed by atoms with Crippen molar-refractivity contribution in [3.8, 4) is 5.82 Å². The molecular formula is C10H10N6O. The second-order valence-corrected chi connectivity index (χ2v) is 3.57. The summed E-state index contributed by atoms with van der Waals surface area (Å²) in [4.78, 5) is 19.7. The molecule has 1 N–H and O–H groups in total. The van der Waals surface area contributed by atoms with E-state index in [0.29, 0.717) is 11.5 Å². The van der Waals surface area contributed by atoms with Gasteiger partial charge in [-0.3, -0.25) is 4.57 Å². The van der Waals surface area contributed by atoms with Crippen LogP contribution >= 0.6 is 0 Å². The zero-order chi connectivity index (χ0) is 11.8. The third-order valence-electron chi connectivity index (χ3n) is 2.58. The Labute approximate surface area is 95.8 Å². The van der Waals surface area contributed by atoms with Gasteiger partial charge in [-0.15, -0.1) is 0 Å². The number of hydrogen-bond donors (Lipinski definition) is 1. The Morgan fingerprint density at radius 3 is 3.12 bits per heavy atom. The first-order valence-electron chi connectivity index (χ1n) is 5.25. The maximum atomic E-state index is 11.3. The van der Waals surface area contributed by atoms with E-state index in [1.54, 1.807) is 12.3 Å². The molecule has 3 rings (SSSR count). The molecule has 86 valence electrons. The smallest absolute Gasteiger partial charge is 0.288 e. The Balaban J connectivity index is 2.21. The first-order chi connectivity index (χ1) is 8.29. The Kier molecular flexibility index (Phi) is 2.04. The number of fused-ring (bicyclic) bond motifs is 1. The van der Waals surface area contributed by atoms with E-state index in [-0.39, 0.29) is 5.69 Å². The average Bonchev–Trinajstić information content (AvgIpc) is 2.96. The minimum Gasteiger partial charge on any atom is -0.288 e. The highest BCUT2D eigenvalue weighted by Crippen LogP contribution is 2.09. The zero-order valence-corrected chi connectivity index (χ0v) is 9.16. The number of nitrogens with zero attached hydrogens (tertiary/aromatic N) is 5. The lowest BCUT2D eigenvalue weighted by Crippen LogP contribution is -2.10. The standard InChI is InChI=1S/C10H10N6O/c1-2-7-11-3-4-15(7)8-5-9-13-14-10(17)16(9)6-12-8/h3-6H,2H2,1H3,(H,14,17). The summed E-state index contributed by atoms with van der Waals surface area (Å²) in [6.45, 7) is 2.02. The number of aromatic amines is 1. The van der Waals surface area contributed by atoms with Crippen LogP contribution in [0.2, 0.25) is 0 Å². The molecule has 0 aliphatic heterocycles. The van der Waals surface area contributed by atoms with Gasteiger partial charge in [0, 0.05) is 24.9 Å². The predicted molar refractivity (Wildman–Crippen MR) is 60.1 cm³/mol. The SMILES string of the molecule is CCc1nccn1-c1cc2n[nH]c(=O)n2cn1. The first-order valence-corrected chi connectivity index (χ1v) is 5.25. The zero-order valence-electron chi connectivity index (χ0n) is 9.16. The highest BCUT2D eigenvalue weighted by Gasteiger charge is 2.07. The van der Waals surface area contributed by atoms with Crippen molar-refractivity contribution >= 4 is 5.65 Å². The van der Waals surface area contributed by atoms with Crippen LogP contribution in [0.4, 0.5) is 0 Å². The summed E-state index contributed by atoms with van der Waals surface area (Å²) in [6.07, 6.45) is 5.83. The maximum Gasteiger partial charge on any atom is 0.348 e. The van der Waals surface area contributed by atoms with Crippen molar-refractivity contribution in [1.82, 2.24) is 29.1 Å². The lowest BCUT2D eigenvalue weighted by atomic mass is 10.4. The second kappa shape index (κ2) is 3.55. The summed E-state index contributed by atoms with van der Waals surface area (Å²) >= 11 is 0. The third kappa shape index (κ3) is 1.43. The molecule has 0 amide bonds. The maximum absolute atomic E-state index is 11.3. The van der Waals surface area contributed by atoms with Crippen LogP contribution in [0.25, 0.3) is 11.5 Å². The molecule has 3 aromatic rings. The van der Waals surface area contributed by atoms with E-state index < -0.39 is 0 Å². The van der Waals surface area contributed by atoms with Gasteiger partial charge in [0.15, 0.2) is 5.65 Å². The van der Waals surface area contributed by atoms with Gasteiger partial charge in [0.25, 0.3) is 0 Å². The molecule has 0 fully saturated rings. The van der Waals surface area contributed by atoms with Crippen LogP contribution in [0.3, 0.4) is 0 Å². The van der Waals surface area contributed by atoms with Crippen molar-refractivity contribution in [1.29, 1.82) is 0 Å². The Bertz CT molecular complexity index is 722. The number of aryl methyl sites for hydroxylation is 1. The molecule has 0 aliphatic carbocycles. The first kappa shape index (κ1) is 9.76. The minimum atomic E-state index is -0.291. The molecule has 17 heavy (non-hydrogen) atoms. The van der Waals surface area contributed by atoms with E-state index in [1.165, 1.54) is 10.7 Å².